The molecule has 0 saturated heterocycles. The smallest absolute Gasteiger partial charge is 0.0417 e. The number of hydrogen-bond donors (Lipinski definition) is 1. The zero-order valence-electron chi connectivity index (χ0n) is 8.71. The van der Waals surface area contributed by atoms with E-state index in [0.29, 0.717) is 5.41 Å². The molecule has 0 spiro atoms. The second kappa shape index (κ2) is 4.77. The summed E-state index contributed by atoms with van der Waals surface area (Å²) in [6.07, 6.45) is 3.86. The van der Waals surface area contributed by atoms with Gasteiger partial charge in [-0.15, -0.1) is 11.8 Å². The van der Waals surface area contributed by atoms with Crippen LogP contribution in [0.15, 0.2) is 29.2 Å². The number of nitrogens with two attached hydrogens (primary N) is 1. The fourth-order valence-corrected chi connectivity index (χ4v) is 3.29. The van der Waals surface area contributed by atoms with Gasteiger partial charge >= 0.3 is 0 Å². The standard InChI is InChI=1S/C12H16ClNS/c13-10-2-1-3-11(8-10)15-9-12(4-5-12)6-7-14/h1-3,8H,4-7,9,14H2. The van der Waals surface area contributed by atoms with Gasteiger partial charge in [-0.2, -0.15) is 0 Å². The maximum atomic E-state index is 5.94. The molecule has 1 aromatic rings. The first-order valence-corrected chi connectivity index (χ1v) is 6.69. The van der Waals surface area contributed by atoms with E-state index in [0.717, 1.165) is 11.6 Å². The second-order valence-corrected chi connectivity index (χ2v) is 5.77. The predicted octanol–water partition coefficient (Wildman–Crippen LogP) is 3.56. The average molecular weight is 242 g/mol. The van der Waals surface area contributed by atoms with E-state index in [2.05, 4.69) is 6.07 Å². The van der Waals surface area contributed by atoms with Crippen LogP contribution in [0.4, 0.5) is 0 Å². The Hall–Kier alpha value is -0.180. The van der Waals surface area contributed by atoms with E-state index in [1.807, 2.05) is 30.0 Å². The van der Waals surface area contributed by atoms with Crippen LogP contribution in [0.2, 0.25) is 5.02 Å². The Kier molecular flexibility index (Phi) is 3.60. The zero-order chi connectivity index (χ0) is 10.7. The van der Waals surface area contributed by atoms with Crippen molar-refractivity contribution >= 4 is 23.4 Å². The molecule has 0 bridgehead atoms. The Bertz CT molecular complexity index is 336. The van der Waals surface area contributed by atoms with Gasteiger partial charge in [0.2, 0.25) is 0 Å². The molecule has 0 aromatic heterocycles. The van der Waals surface area contributed by atoms with Gasteiger partial charge in [0.25, 0.3) is 0 Å². The molecular formula is C12H16ClNS. The van der Waals surface area contributed by atoms with Gasteiger partial charge in [-0.05, 0) is 49.4 Å². The van der Waals surface area contributed by atoms with Crippen molar-refractivity contribution in [1.82, 2.24) is 0 Å². The lowest BCUT2D eigenvalue weighted by molar-refractivity contribution is 0.537. The highest BCUT2D eigenvalue weighted by Gasteiger charge is 2.41. The molecule has 1 aromatic carbocycles. The predicted molar refractivity (Wildman–Crippen MR) is 67.5 cm³/mol. The first-order valence-electron chi connectivity index (χ1n) is 5.33. The largest absolute Gasteiger partial charge is 0.330 e. The topological polar surface area (TPSA) is 26.0 Å². The lowest BCUT2D eigenvalue weighted by Gasteiger charge is -2.12. The van der Waals surface area contributed by atoms with Gasteiger partial charge in [0.05, 0.1) is 0 Å². The summed E-state index contributed by atoms with van der Waals surface area (Å²) in [7, 11) is 0. The summed E-state index contributed by atoms with van der Waals surface area (Å²) < 4.78 is 0. The highest BCUT2D eigenvalue weighted by molar-refractivity contribution is 7.99. The van der Waals surface area contributed by atoms with Crippen molar-refractivity contribution in [1.29, 1.82) is 0 Å². The maximum absolute atomic E-state index is 5.94. The van der Waals surface area contributed by atoms with Crippen LogP contribution in [0.1, 0.15) is 19.3 Å². The molecule has 1 saturated carbocycles. The van der Waals surface area contributed by atoms with Gasteiger partial charge in [-0.3, -0.25) is 0 Å². The molecule has 1 aliphatic rings. The van der Waals surface area contributed by atoms with Crippen LogP contribution in [0, 0.1) is 5.41 Å². The molecule has 2 N–H and O–H groups in total. The van der Waals surface area contributed by atoms with Crippen LogP contribution in [0.25, 0.3) is 0 Å². The molecule has 0 atom stereocenters. The number of thioether (sulfide) groups is 1. The van der Waals surface area contributed by atoms with Crippen molar-refractivity contribution in [2.24, 2.45) is 11.1 Å². The van der Waals surface area contributed by atoms with Gasteiger partial charge in [0.15, 0.2) is 0 Å². The van der Waals surface area contributed by atoms with Gasteiger partial charge < -0.3 is 5.73 Å². The highest BCUT2D eigenvalue weighted by atomic mass is 35.5. The van der Waals surface area contributed by atoms with Crippen molar-refractivity contribution < 1.29 is 0 Å². The van der Waals surface area contributed by atoms with E-state index < -0.39 is 0 Å². The molecular weight excluding hydrogens is 226 g/mol. The molecule has 3 heteroatoms. The van der Waals surface area contributed by atoms with E-state index in [-0.39, 0.29) is 0 Å². The summed E-state index contributed by atoms with van der Waals surface area (Å²) in [6.45, 7) is 0.816. The molecule has 2 rings (SSSR count). The van der Waals surface area contributed by atoms with Gasteiger partial charge in [-0.25, -0.2) is 0 Å². The van der Waals surface area contributed by atoms with Gasteiger partial charge in [0, 0.05) is 15.7 Å². The lowest BCUT2D eigenvalue weighted by atomic mass is 10.1. The van der Waals surface area contributed by atoms with E-state index >= 15 is 0 Å². The molecule has 15 heavy (non-hydrogen) atoms. The molecule has 0 aliphatic heterocycles. The quantitative estimate of drug-likeness (QED) is 0.798. The summed E-state index contributed by atoms with van der Waals surface area (Å²) in [5.41, 5.74) is 6.16. The summed E-state index contributed by atoms with van der Waals surface area (Å²) in [5, 5.41) is 0.823. The number of halogens is 1. The van der Waals surface area contributed by atoms with Crippen molar-refractivity contribution in [3.8, 4) is 0 Å². The van der Waals surface area contributed by atoms with Gasteiger partial charge in [-0.1, -0.05) is 17.7 Å². The average Bonchev–Trinajstić information content (AvgIpc) is 2.97. The Morgan fingerprint density at radius 1 is 1.40 bits per heavy atom. The fourth-order valence-electron chi connectivity index (χ4n) is 1.74. The number of hydrogen-bond acceptors (Lipinski definition) is 2. The van der Waals surface area contributed by atoms with Crippen molar-refractivity contribution in [2.75, 3.05) is 12.3 Å². The minimum atomic E-state index is 0.543. The molecule has 82 valence electrons. The molecule has 1 nitrogen and oxygen atoms in total. The van der Waals surface area contributed by atoms with Crippen molar-refractivity contribution in [2.45, 2.75) is 24.2 Å². The zero-order valence-corrected chi connectivity index (χ0v) is 10.3. The fraction of sp³-hybridized carbons (Fsp3) is 0.500. The van der Waals surface area contributed by atoms with Gasteiger partial charge in [0.1, 0.15) is 0 Å². The SMILES string of the molecule is NCCC1(CSc2cccc(Cl)c2)CC1. The van der Waals surface area contributed by atoms with Crippen LogP contribution in [0.5, 0.6) is 0 Å². The Morgan fingerprint density at radius 2 is 2.20 bits per heavy atom. The maximum Gasteiger partial charge on any atom is 0.0417 e. The van der Waals surface area contributed by atoms with Crippen LogP contribution in [0.3, 0.4) is 0 Å². The minimum absolute atomic E-state index is 0.543. The highest BCUT2D eigenvalue weighted by Crippen LogP contribution is 2.51. The van der Waals surface area contributed by atoms with Crippen molar-refractivity contribution in [3.05, 3.63) is 29.3 Å². The van der Waals surface area contributed by atoms with E-state index in [9.17, 15) is 0 Å². The Labute approximate surface area is 100 Å². The Balaban J connectivity index is 1.88. The molecule has 0 unspecified atom stereocenters. The molecule has 1 fully saturated rings. The summed E-state index contributed by atoms with van der Waals surface area (Å²) in [5.74, 6) is 1.19. The summed E-state index contributed by atoms with van der Waals surface area (Å²) >= 11 is 7.84. The normalized spacial score (nSPS) is 17.7. The van der Waals surface area contributed by atoms with E-state index in [1.165, 1.54) is 29.9 Å². The Morgan fingerprint density at radius 3 is 2.80 bits per heavy atom. The van der Waals surface area contributed by atoms with Crippen molar-refractivity contribution in [3.63, 3.8) is 0 Å². The summed E-state index contributed by atoms with van der Waals surface area (Å²) in [4.78, 5) is 1.27. The van der Waals surface area contributed by atoms with E-state index in [4.69, 9.17) is 17.3 Å². The molecule has 0 amide bonds. The second-order valence-electron chi connectivity index (χ2n) is 4.28. The van der Waals surface area contributed by atoms with Crippen LogP contribution in [-0.4, -0.2) is 12.3 Å². The van der Waals surface area contributed by atoms with E-state index in [1.54, 1.807) is 0 Å². The number of benzene rings is 1. The number of rotatable bonds is 5. The van der Waals surface area contributed by atoms with Crippen LogP contribution >= 0.6 is 23.4 Å². The molecule has 0 radical (unpaired) electrons. The molecule has 0 heterocycles. The van der Waals surface area contributed by atoms with Crippen LogP contribution < -0.4 is 5.73 Å². The third-order valence-corrected chi connectivity index (χ3v) is 4.55. The minimum Gasteiger partial charge on any atom is -0.330 e. The molecule has 1 aliphatic carbocycles. The summed E-state index contributed by atoms with van der Waals surface area (Å²) in [6, 6.07) is 8.07. The lowest BCUT2D eigenvalue weighted by Crippen LogP contribution is -2.11. The third kappa shape index (κ3) is 3.13. The third-order valence-electron chi connectivity index (χ3n) is 2.97. The first kappa shape index (κ1) is 11.3. The van der Waals surface area contributed by atoms with Crippen LogP contribution in [-0.2, 0) is 0 Å². The monoisotopic (exact) mass is 241 g/mol. The first-order chi connectivity index (χ1) is 7.24.